The number of nitrogens with zero attached hydrogens (tertiary/aromatic N) is 3. The van der Waals surface area contributed by atoms with Crippen LogP contribution in [-0.4, -0.2) is 35.1 Å². The summed E-state index contributed by atoms with van der Waals surface area (Å²) in [4.78, 5) is 3.98. The van der Waals surface area contributed by atoms with Crippen molar-refractivity contribution in [1.29, 1.82) is 0 Å². The van der Waals surface area contributed by atoms with Gasteiger partial charge in [0.2, 0.25) is 5.79 Å². The van der Waals surface area contributed by atoms with Gasteiger partial charge in [-0.1, -0.05) is 0 Å². The summed E-state index contributed by atoms with van der Waals surface area (Å²) in [6, 6.07) is 5.78. The van der Waals surface area contributed by atoms with Crippen molar-refractivity contribution in [2.75, 3.05) is 20.3 Å². The van der Waals surface area contributed by atoms with Crippen molar-refractivity contribution in [1.82, 2.24) is 14.8 Å². The highest BCUT2D eigenvalue weighted by Gasteiger charge is 2.42. The number of ether oxygens (including phenoxy) is 3. The number of benzene rings is 1. The number of hydrogen-bond acceptors (Lipinski definition) is 6. The van der Waals surface area contributed by atoms with E-state index in [2.05, 4.69) is 10.1 Å². The van der Waals surface area contributed by atoms with Gasteiger partial charge in [0.25, 0.3) is 0 Å². The topological polar surface area (TPSA) is 71.5 Å². The minimum absolute atomic E-state index is 0.377. The van der Waals surface area contributed by atoms with E-state index < -0.39 is 5.79 Å². The summed E-state index contributed by atoms with van der Waals surface area (Å²) < 4.78 is 24.8. The van der Waals surface area contributed by atoms with Crippen LogP contribution in [0.2, 0.25) is 0 Å². The first kappa shape index (κ1) is 14.2. The number of rotatable bonds is 4. The van der Waals surface area contributed by atoms with Crippen LogP contribution in [0.25, 0.3) is 10.8 Å². The van der Waals surface area contributed by atoms with Gasteiger partial charge in [-0.2, -0.15) is 5.10 Å². The van der Waals surface area contributed by atoms with Crippen LogP contribution >= 0.6 is 0 Å². The third-order valence-corrected chi connectivity index (χ3v) is 3.95. The summed E-state index contributed by atoms with van der Waals surface area (Å²) in [6.07, 6.45) is 5.67. The lowest BCUT2D eigenvalue weighted by Crippen LogP contribution is -2.41. The highest BCUT2D eigenvalue weighted by atomic mass is 16.7. The van der Waals surface area contributed by atoms with Gasteiger partial charge >= 0.3 is 0 Å². The Balaban J connectivity index is 1.79. The molecule has 7 nitrogen and oxygen atoms in total. The maximum Gasteiger partial charge on any atom is 0.249 e. The second-order valence-electron chi connectivity index (χ2n) is 5.41. The summed E-state index contributed by atoms with van der Waals surface area (Å²) in [7, 11) is 1.64. The van der Waals surface area contributed by atoms with Crippen molar-refractivity contribution < 1.29 is 18.6 Å². The Morgan fingerprint density at radius 3 is 2.91 bits per heavy atom. The van der Waals surface area contributed by atoms with E-state index in [1.54, 1.807) is 24.4 Å². The molecule has 0 spiro atoms. The molecule has 1 aliphatic rings. The third-order valence-electron chi connectivity index (χ3n) is 3.95. The fraction of sp³-hybridized carbons (Fsp3) is 0.375. The Kier molecular flexibility index (Phi) is 3.51. The van der Waals surface area contributed by atoms with Gasteiger partial charge in [0, 0.05) is 10.8 Å². The Morgan fingerprint density at radius 2 is 2.17 bits per heavy atom. The lowest BCUT2D eigenvalue weighted by molar-refractivity contribution is -0.292. The highest BCUT2D eigenvalue weighted by molar-refractivity contribution is 5.86. The second-order valence-corrected chi connectivity index (χ2v) is 5.41. The van der Waals surface area contributed by atoms with Crippen molar-refractivity contribution in [3.05, 3.63) is 42.9 Å². The van der Waals surface area contributed by atoms with Crippen molar-refractivity contribution in [2.24, 2.45) is 0 Å². The zero-order chi connectivity index (χ0) is 15.7. The van der Waals surface area contributed by atoms with Crippen LogP contribution in [0.4, 0.5) is 0 Å². The fourth-order valence-electron chi connectivity index (χ4n) is 2.85. The Bertz CT molecular complexity index is 791. The first-order chi connectivity index (χ1) is 11.3. The normalized spacial score (nSPS) is 17.4. The molecule has 0 amide bonds. The van der Waals surface area contributed by atoms with Crippen LogP contribution in [0.5, 0.6) is 5.75 Å². The van der Waals surface area contributed by atoms with Gasteiger partial charge in [0.05, 0.1) is 26.6 Å². The molecule has 23 heavy (non-hydrogen) atoms. The van der Waals surface area contributed by atoms with Gasteiger partial charge in [0.15, 0.2) is 5.76 Å². The smallest absolute Gasteiger partial charge is 0.249 e. The first-order valence-corrected chi connectivity index (χ1v) is 7.47. The van der Waals surface area contributed by atoms with E-state index in [0.29, 0.717) is 25.5 Å². The van der Waals surface area contributed by atoms with Gasteiger partial charge in [-0.3, -0.25) is 0 Å². The number of hydrogen-bond donors (Lipinski definition) is 0. The maximum absolute atomic E-state index is 6.01. The summed E-state index contributed by atoms with van der Waals surface area (Å²) in [5.41, 5.74) is 0. The molecule has 0 unspecified atom stereocenters. The average molecular weight is 315 g/mol. The molecule has 0 aliphatic carbocycles. The molecule has 0 radical (unpaired) electrons. The Hall–Kier alpha value is -2.38. The number of fused-ring (bicyclic) bond motifs is 1. The minimum atomic E-state index is -0.998. The monoisotopic (exact) mass is 315 g/mol. The highest BCUT2D eigenvalue weighted by Crippen LogP contribution is 2.38. The third kappa shape index (κ3) is 2.47. The molecule has 4 rings (SSSR count). The lowest BCUT2D eigenvalue weighted by atomic mass is 10.1. The Morgan fingerprint density at radius 1 is 1.30 bits per heavy atom. The number of methoxy groups -OCH3 is 1. The van der Waals surface area contributed by atoms with Gasteiger partial charge in [-0.15, -0.1) is 0 Å². The summed E-state index contributed by atoms with van der Waals surface area (Å²) in [5, 5.41) is 6.03. The van der Waals surface area contributed by atoms with Crippen molar-refractivity contribution in [2.45, 2.75) is 18.8 Å². The molecular weight excluding hydrogens is 298 g/mol. The molecule has 0 saturated carbocycles. The van der Waals surface area contributed by atoms with Crippen LogP contribution in [0.1, 0.15) is 12.2 Å². The van der Waals surface area contributed by atoms with Crippen molar-refractivity contribution >= 4 is 10.8 Å². The zero-order valence-electron chi connectivity index (χ0n) is 12.8. The molecule has 3 aromatic rings. The molecule has 0 bridgehead atoms. The molecule has 3 heterocycles. The molecule has 120 valence electrons. The predicted octanol–water partition coefficient (Wildman–Crippen LogP) is 2.32. The van der Waals surface area contributed by atoms with E-state index in [4.69, 9.17) is 18.6 Å². The van der Waals surface area contributed by atoms with E-state index in [0.717, 1.165) is 22.9 Å². The molecule has 1 aliphatic heterocycles. The molecule has 0 atom stereocenters. The number of aromatic nitrogens is 3. The summed E-state index contributed by atoms with van der Waals surface area (Å²) >= 11 is 0. The van der Waals surface area contributed by atoms with Crippen LogP contribution in [0.3, 0.4) is 0 Å². The second kappa shape index (κ2) is 5.68. The molecule has 1 aromatic carbocycles. The SMILES string of the molecule is COc1ccc2c(C3(Cn4cncn4)OCCCO3)occ2c1. The zero-order valence-corrected chi connectivity index (χ0v) is 12.8. The van der Waals surface area contributed by atoms with E-state index in [1.807, 2.05) is 18.2 Å². The van der Waals surface area contributed by atoms with Crippen LogP contribution in [0.15, 0.2) is 41.5 Å². The van der Waals surface area contributed by atoms with Crippen molar-refractivity contribution in [3.8, 4) is 5.75 Å². The largest absolute Gasteiger partial charge is 0.497 e. The van der Waals surface area contributed by atoms with Gasteiger partial charge in [0.1, 0.15) is 24.9 Å². The average Bonchev–Trinajstić information content (AvgIpc) is 3.24. The lowest BCUT2D eigenvalue weighted by Gasteiger charge is -2.35. The van der Waals surface area contributed by atoms with Crippen LogP contribution in [-0.2, 0) is 21.8 Å². The molecule has 1 fully saturated rings. The van der Waals surface area contributed by atoms with Crippen molar-refractivity contribution in [3.63, 3.8) is 0 Å². The molecule has 7 heteroatoms. The first-order valence-electron chi connectivity index (χ1n) is 7.47. The van der Waals surface area contributed by atoms with E-state index in [1.165, 1.54) is 6.33 Å². The van der Waals surface area contributed by atoms with E-state index in [9.17, 15) is 0 Å². The maximum atomic E-state index is 6.01. The van der Waals surface area contributed by atoms with E-state index >= 15 is 0 Å². The van der Waals surface area contributed by atoms with Crippen LogP contribution in [0, 0.1) is 0 Å². The molecular formula is C16H17N3O4. The number of furan rings is 1. The van der Waals surface area contributed by atoms with E-state index in [-0.39, 0.29) is 0 Å². The summed E-state index contributed by atoms with van der Waals surface area (Å²) in [5.74, 6) is 0.425. The van der Waals surface area contributed by atoms with Gasteiger partial charge < -0.3 is 18.6 Å². The van der Waals surface area contributed by atoms with Gasteiger partial charge in [-0.25, -0.2) is 9.67 Å². The predicted molar refractivity (Wildman–Crippen MR) is 81.0 cm³/mol. The quantitative estimate of drug-likeness (QED) is 0.736. The fourth-order valence-corrected chi connectivity index (χ4v) is 2.85. The van der Waals surface area contributed by atoms with Gasteiger partial charge in [-0.05, 0) is 24.6 Å². The summed E-state index contributed by atoms with van der Waals surface area (Å²) in [6.45, 7) is 1.59. The standard InChI is InChI=1S/C16H17N3O4/c1-20-13-3-4-14-12(7-13)8-21-15(14)16(22-5-2-6-23-16)9-19-11-17-10-18-19/h3-4,7-8,10-11H,2,5-6,9H2,1H3. The molecule has 2 aromatic heterocycles. The molecule has 0 N–H and O–H groups in total. The molecule has 1 saturated heterocycles. The Labute approximate surface area is 132 Å². The van der Waals surface area contributed by atoms with Crippen LogP contribution < -0.4 is 4.74 Å². The minimum Gasteiger partial charge on any atom is -0.497 e.